The molecule has 13 heteroatoms. The number of halogens is 1. The second-order valence-corrected chi connectivity index (χ2v) is 11.1. The molecular weight excluding hydrogens is 595 g/mol. The molecule has 0 fully saturated rings. The molecule has 0 radical (unpaired) electrons. The summed E-state index contributed by atoms with van der Waals surface area (Å²) in [5.41, 5.74) is 8.12. The number of unbranched alkanes of at least 4 members (excludes halogenated alkanes) is 2. The number of nitrogens with zero attached hydrogens (tertiary/aromatic N) is 2. The zero-order valence-corrected chi connectivity index (χ0v) is 27.0. The predicted molar refractivity (Wildman–Crippen MR) is 174 cm³/mol. The maximum atomic E-state index is 14.3. The Hall–Kier alpha value is -4.36. The molecule has 1 aliphatic heterocycles. The number of amides is 4. The van der Waals surface area contributed by atoms with Crippen molar-refractivity contribution < 1.29 is 33.1 Å². The Morgan fingerprint density at radius 3 is 2.57 bits per heavy atom. The van der Waals surface area contributed by atoms with Crippen molar-refractivity contribution in [2.24, 2.45) is 5.73 Å². The molecule has 2 aromatic rings. The van der Waals surface area contributed by atoms with Crippen molar-refractivity contribution in [1.29, 1.82) is 0 Å². The van der Waals surface area contributed by atoms with Crippen LogP contribution in [0.1, 0.15) is 78.8 Å². The minimum atomic E-state index is -0.901. The summed E-state index contributed by atoms with van der Waals surface area (Å²) in [7, 11) is 0. The number of hydrogen-bond acceptors (Lipinski definition) is 8. The second-order valence-electron chi connectivity index (χ2n) is 11.1. The van der Waals surface area contributed by atoms with Crippen molar-refractivity contribution in [3.63, 3.8) is 0 Å². The number of rotatable bonds is 17. The Kier molecular flexibility index (Phi) is 13.6. The number of aldehydes is 1. The van der Waals surface area contributed by atoms with E-state index in [1.54, 1.807) is 13.8 Å². The number of aryl methyl sites for hydroxylation is 1. The van der Waals surface area contributed by atoms with Crippen LogP contribution in [0.25, 0.3) is 11.6 Å². The number of ether oxygens (including phenoxy) is 1. The summed E-state index contributed by atoms with van der Waals surface area (Å²) >= 11 is 0. The fourth-order valence-corrected chi connectivity index (χ4v) is 5.37. The minimum Gasteiger partial charge on any atom is -0.449 e. The lowest BCUT2D eigenvalue weighted by molar-refractivity contribution is -0.124. The van der Waals surface area contributed by atoms with Crippen molar-refractivity contribution in [3.05, 3.63) is 52.1 Å². The maximum Gasteiger partial charge on any atom is 0.421 e. The van der Waals surface area contributed by atoms with Crippen LogP contribution in [0.15, 0.2) is 18.2 Å². The first-order valence-electron chi connectivity index (χ1n) is 15.7. The van der Waals surface area contributed by atoms with Gasteiger partial charge in [0.05, 0.1) is 29.5 Å². The Bertz CT molecular complexity index is 1450. The number of imide groups is 1. The van der Waals surface area contributed by atoms with E-state index in [1.165, 1.54) is 18.2 Å². The van der Waals surface area contributed by atoms with Gasteiger partial charge in [-0.15, -0.1) is 0 Å². The summed E-state index contributed by atoms with van der Waals surface area (Å²) in [4.78, 5) is 68.8. The zero-order chi connectivity index (χ0) is 33.8. The molecule has 0 unspecified atom stereocenters. The van der Waals surface area contributed by atoms with Crippen LogP contribution in [-0.2, 0) is 19.1 Å². The smallest absolute Gasteiger partial charge is 0.421 e. The first-order valence-corrected chi connectivity index (χ1v) is 15.7. The predicted octanol–water partition coefficient (Wildman–Crippen LogP) is 3.46. The van der Waals surface area contributed by atoms with Gasteiger partial charge in [0.25, 0.3) is 11.8 Å². The van der Waals surface area contributed by atoms with Crippen LogP contribution in [-0.4, -0.2) is 85.4 Å². The van der Waals surface area contributed by atoms with E-state index in [9.17, 15) is 28.4 Å². The summed E-state index contributed by atoms with van der Waals surface area (Å²) in [6.07, 6.45) is 3.38. The molecule has 0 spiro atoms. The highest BCUT2D eigenvalue weighted by atomic mass is 19.1. The summed E-state index contributed by atoms with van der Waals surface area (Å²) < 4.78 is 19.7. The van der Waals surface area contributed by atoms with Crippen LogP contribution >= 0.6 is 0 Å². The molecule has 2 heterocycles. The van der Waals surface area contributed by atoms with Crippen molar-refractivity contribution in [2.45, 2.75) is 65.8 Å². The fourth-order valence-electron chi connectivity index (χ4n) is 5.37. The highest BCUT2D eigenvalue weighted by Crippen LogP contribution is 2.39. The van der Waals surface area contributed by atoms with Gasteiger partial charge < -0.3 is 35.8 Å². The molecule has 46 heavy (non-hydrogen) atoms. The molecule has 1 atom stereocenters. The van der Waals surface area contributed by atoms with E-state index in [1.807, 2.05) is 0 Å². The molecule has 4 amide bonds. The van der Waals surface area contributed by atoms with Crippen molar-refractivity contribution in [1.82, 2.24) is 20.5 Å². The number of hydrogen-bond donors (Lipinski definition) is 4. The molecule has 5 N–H and O–H groups in total. The van der Waals surface area contributed by atoms with E-state index >= 15 is 0 Å². The van der Waals surface area contributed by atoms with Crippen LogP contribution in [0.3, 0.4) is 0 Å². The number of aromatic amines is 1. The van der Waals surface area contributed by atoms with E-state index in [0.717, 1.165) is 30.6 Å². The second kappa shape index (κ2) is 17.4. The number of carbonyl (C=O) groups is 5. The molecule has 3 rings (SSSR count). The Morgan fingerprint density at radius 1 is 1.15 bits per heavy atom. The number of anilines is 1. The number of nitrogens with one attached hydrogen (secondary N) is 3. The summed E-state index contributed by atoms with van der Waals surface area (Å²) in [6, 6.07) is 3.09. The van der Waals surface area contributed by atoms with E-state index < -0.39 is 23.9 Å². The SMILES string of the molecule is CCN(CC)CCNC(=O)c1c(C)[nH]c(/C=C2\C(=O)N(C(=O)OCCCCCC(=O)N[C@H](C=O)CCN)c3ccc(F)cc32)c1C. The summed E-state index contributed by atoms with van der Waals surface area (Å²) in [5.74, 6) is -1.76. The first-order chi connectivity index (χ1) is 22.1. The van der Waals surface area contributed by atoms with Gasteiger partial charge in [-0.3, -0.25) is 14.4 Å². The Morgan fingerprint density at radius 2 is 1.89 bits per heavy atom. The molecule has 250 valence electrons. The summed E-state index contributed by atoms with van der Waals surface area (Å²) in [6.45, 7) is 10.9. The van der Waals surface area contributed by atoms with Gasteiger partial charge in [0.2, 0.25) is 5.91 Å². The normalized spacial score (nSPS) is 14.0. The Labute approximate surface area is 268 Å². The third-order valence-electron chi connectivity index (χ3n) is 7.97. The van der Waals surface area contributed by atoms with Gasteiger partial charge in [0, 0.05) is 36.5 Å². The van der Waals surface area contributed by atoms with Gasteiger partial charge in [0.1, 0.15) is 12.1 Å². The lowest BCUT2D eigenvalue weighted by atomic mass is 10.0. The van der Waals surface area contributed by atoms with Crippen LogP contribution in [0, 0.1) is 19.7 Å². The molecular formula is C33H45FN6O6. The minimum absolute atomic E-state index is 0.00557. The van der Waals surface area contributed by atoms with Crippen LogP contribution in [0.2, 0.25) is 0 Å². The average Bonchev–Trinajstić information content (AvgIpc) is 3.46. The Balaban J connectivity index is 1.66. The van der Waals surface area contributed by atoms with Gasteiger partial charge in [-0.1, -0.05) is 13.8 Å². The zero-order valence-electron chi connectivity index (χ0n) is 27.0. The van der Waals surface area contributed by atoms with E-state index in [0.29, 0.717) is 61.0 Å². The molecule has 0 saturated carbocycles. The van der Waals surface area contributed by atoms with Gasteiger partial charge in [0.15, 0.2) is 0 Å². The van der Waals surface area contributed by atoms with Gasteiger partial charge in [-0.05, 0) is 89.0 Å². The number of aromatic nitrogens is 1. The largest absolute Gasteiger partial charge is 0.449 e. The topological polar surface area (TPSA) is 167 Å². The van der Waals surface area contributed by atoms with E-state index in [4.69, 9.17) is 10.5 Å². The van der Waals surface area contributed by atoms with Crippen molar-refractivity contribution in [2.75, 3.05) is 44.2 Å². The number of likely N-dealkylation sites (N-methyl/N-ethyl adjacent to an activating group) is 1. The van der Waals surface area contributed by atoms with Crippen LogP contribution in [0.5, 0.6) is 0 Å². The fraction of sp³-hybridized carbons (Fsp3) is 0.485. The molecule has 12 nitrogen and oxygen atoms in total. The van der Waals surface area contributed by atoms with Gasteiger partial charge in [-0.2, -0.15) is 0 Å². The molecule has 0 saturated heterocycles. The first kappa shape index (κ1) is 36.1. The molecule has 0 bridgehead atoms. The van der Waals surface area contributed by atoms with Crippen molar-refractivity contribution >= 4 is 47.4 Å². The number of fused-ring (bicyclic) bond motifs is 1. The molecule has 0 aliphatic carbocycles. The van der Waals surface area contributed by atoms with Gasteiger partial charge in [-0.25, -0.2) is 14.1 Å². The van der Waals surface area contributed by atoms with Gasteiger partial charge >= 0.3 is 6.09 Å². The number of nitrogens with two attached hydrogens (primary N) is 1. The highest BCUT2D eigenvalue weighted by molar-refractivity contribution is 6.41. The summed E-state index contributed by atoms with van der Waals surface area (Å²) in [5, 5.41) is 5.56. The quantitative estimate of drug-likeness (QED) is 0.116. The highest BCUT2D eigenvalue weighted by Gasteiger charge is 2.38. The maximum absolute atomic E-state index is 14.3. The molecule has 1 aliphatic rings. The third-order valence-corrected chi connectivity index (χ3v) is 7.97. The number of carbonyl (C=O) groups excluding carboxylic acids is 5. The van der Waals surface area contributed by atoms with Crippen LogP contribution < -0.4 is 21.3 Å². The average molecular weight is 641 g/mol. The third kappa shape index (κ3) is 9.10. The standard InChI is InChI=1S/C33H45FN6O6/c1-5-39(6-2)16-15-36-31(43)30-21(3)27(37-22(30)4)19-26-25-18-23(34)11-12-28(25)40(32(26)44)33(45)46-17-9-7-8-10-29(42)38-24(20-41)13-14-35/h11-12,18-20,24,37H,5-10,13-17,35H2,1-4H3,(H,36,43)(H,38,42)/b26-19-/t24-/m0/s1. The number of H-pyrrole nitrogens is 1. The van der Waals surface area contributed by atoms with Crippen molar-refractivity contribution in [3.8, 4) is 0 Å². The lowest BCUT2D eigenvalue weighted by Gasteiger charge is -2.18. The van der Waals surface area contributed by atoms with Crippen LogP contribution in [0.4, 0.5) is 14.9 Å². The monoisotopic (exact) mass is 640 g/mol. The lowest BCUT2D eigenvalue weighted by Crippen LogP contribution is -2.37. The van der Waals surface area contributed by atoms with E-state index in [2.05, 4.69) is 34.4 Å². The molecule has 1 aromatic heterocycles. The molecule has 1 aromatic carbocycles. The van der Waals surface area contributed by atoms with E-state index in [-0.39, 0.29) is 48.2 Å². The number of benzene rings is 1.